The van der Waals surface area contributed by atoms with Gasteiger partial charge in [-0.3, -0.25) is 14.9 Å². The number of imidazole rings is 1. The summed E-state index contributed by atoms with van der Waals surface area (Å²) in [6, 6.07) is 9.28. The molecule has 3 heterocycles. The Kier molecular flexibility index (Phi) is 7.96. The largest absolute Gasteiger partial charge is 0.443 e. The number of hydrogen-bond donors (Lipinski definition) is 2. The Balaban J connectivity index is 1.63. The Bertz CT molecular complexity index is 1400. The molecule has 4 aromatic rings. The minimum absolute atomic E-state index is 0.0446. The van der Waals surface area contributed by atoms with E-state index in [9.17, 15) is 9.59 Å². The summed E-state index contributed by atoms with van der Waals surface area (Å²) in [5, 5.41) is 2.96. The molecule has 2 amide bonds. The summed E-state index contributed by atoms with van der Waals surface area (Å²) in [5.74, 6) is 0.827. The number of anilines is 2. The van der Waals surface area contributed by atoms with Gasteiger partial charge in [-0.25, -0.2) is 9.97 Å². The molecule has 0 atom stereocenters. The van der Waals surface area contributed by atoms with Crippen LogP contribution in [0.1, 0.15) is 35.9 Å². The third kappa shape index (κ3) is 5.55. The minimum atomic E-state index is -0.264. The lowest BCUT2D eigenvalue weighted by Gasteiger charge is -2.17. The molecule has 10 heteroatoms. The summed E-state index contributed by atoms with van der Waals surface area (Å²) < 4.78 is 7.29. The van der Waals surface area contributed by atoms with E-state index >= 15 is 0 Å². The van der Waals surface area contributed by atoms with Crippen molar-refractivity contribution in [2.75, 3.05) is 17.3 Å². The molecule has 3 N–H and O–H groups in total. The van der Waals surface area contributed by atoms with Crippen LogP contribution in [0.4, 0.5) is 11.6 Å². The molecular formula is C26H28N6O3S. The summed E-state index contributed by atoms with van der Waals surface area (Å²) >= 11 is 1.31. The van der Waals surface area contributed by atoms with Crippen molar-refractivity contribution >= 4 is 45.8 Å². The molecule has 0 bridgehead atoms. The van der Waals surface area contributed by atoms with Crippen molar-refractivity contribution in [1.82, 2.24) is 14.5 Å². The number of nitrogens with zero attached hydrogens (tertiary/aromatic N) is 4. The summed E-state index contributed by atoms with van der Waals surface area (Å²) in [6.07, 6.45) is 12.0. The van der Waals surface area contributed by atoms with Crippen LogP contribution in [-0.4, -0.2) is 33.4 Å². The van der Waals surface area contributed by atoms with Crippen molar-refractivity contribution in [3.05, 3.63) is 72.2 Å². The minimum Gasteiger partial charge on any atom is -0.443 e. The fourth-order valence-electron chi connectivity index (χ4n) is 3.71. The van der Waals surface area contributed by atoms with E-state index in [4.69, 9.17) is 15.1 Å². The third-order valence-corrected chi connectivity index (χ3v) is 6.66. The lowest BCUT2D eigenvalue weighted by Crippen LogP contribution is -2.25. The summed E-state index contributed by atoms with van der Waals surface area (Å²) in [5.41, 5.74) is 7.71. The number of rotatable bonds is 10. The monoisotopic (exact) mass is 504 g/mol. The number of nitrogens with one attached hydrogen (secondary N) is 1. The number of nitrogens with two attached hydrogens (primary N) is 1. The Morgan fingerprint density at radius 1 is 1.25 bits per heavy atom. The van der Waals surface area contributed by atoms with Crippen LogP contribution < -0.4 is 16.0 Å². The van der Waals surface area contributed by atoms with Gasteiger partial charge >= 0.3 is 0 Å². The normalized spacial score (nSPS) is 11.6. The second-order valence-corrected chi connectivity index (χ2v) is 9.13. The predicted octanol–water partition coefficient (Wildman–Crippen LogP) is 5.19. The predicted molar refractivity (Wildman–Crippen MR) is 143 cm³/mol. The number of carbonyl (C=O) groups is 2. The topological polar surface area (TPSA) is 119 Å². The fourth-order valence-corrected chi connectivity index (χ4v) is 4.56. The number of carbonyl (C=O) groups excluding carboxylic acids is 2. The van der Waals surface area contributed by atoms with Gasteiger partial charge in [0.05, 0.1) is 27.0 Å². The first-order chi connectivity index (χ1) is 17.5. The van der Waals surface area contributed by atoms with Crippen LogP contribution >= 0.6 is 11.3 Å². The van der Waals surface area contributed by atoms with Crippen molar-refractivity contribution in [3.8, 4) is 10.6 Å². The van der Waals surface area contributed by atoms with Crippen molar-refractivity contribution < 1.29 is 14.0 Å². The average molecular weight is 505 g/mol. The maximum Gasteiger partial charge on any atom is 0.268 e. The molecule has 0 radical (unpaired) electrons. The van der Waals surface area contributed by atoms with Gasteiger partial charge in [0.25, 0.3) is 5.91 Å². The second kappa shape index (κ2) is 11.5. The zero-order valence-corrected chi connectivity index (χ0v) is 21.0. The molecule has 0 spiro atoms. The molecule has 0 saturated heterocycles. The van der Waals surface area contributed by atoms with E-state index in [1.807, 2.05) is 47.9 Å². The number of amides is 2. The van der Waals surface area contributed by atoms with Crippen LogP contribution in [-0.2, 0) is 11.3 Å². The van der Waals surface area contributed by atoms with Crippen LogP contribution in [0, 0.1) is 0 Å². The molecule has 3 aromatic heterocycles. The molecule has 0 aliphatic heterocycles. The van der Waals surface area contributed by atoms with Crippen LogP contribution in [0.25, 0.3) is 21.7 Å². The highest BCUT2D eigenvalue weighted by Crippen LogP contribution is 2.29. The molecule has 4 rings (SSSR count). The number of aryl methyl sites for hydroxylation is 1. The van der Waals surface area contributed by atoms with Crippen LogP contribution in [0.5, 0.6) is 0 Å². The number of hydrogen-bond acceptors (Lipinski definition) is 7. The van der Waals surface area contributed by atoms with Gasteiger partial charge in [0, 0.05) is 25.7 Å². The maximum absolute atomic E-state index is 13.1. The van der Waals surface area contributed by atoms with Crippen molar-refractivity contribution in [3.63, 3.8) is 0 Å². The molecule has 0 aliphatic rings. The van der Waals surface area contributed by atoms with Gasteiger partial charge in [0.2, 0.25) is 11.9 Å². The van der Waals surface area contributed by atoms with E-state index in [1.165, 1.54) is 23.9 Å². The molecule has 0 fully saturated rings. The second-order valence-electron chi connectivity index (χ2n) is 8.05. The van der Waals surface area contributed by atoms with Crippen LogP contribution in [0.2, 0.25) is 0 Å². The van der Waals surface area contributed by atoms with Crippen LogP contribution in [0.3, 0.4) is 0 Å². The quantitative estimate of drug-likeness (QED) is 0.287. The van der Waals surface area contributed by atoms with Gasteiger partial charge in [-0.05, 0) is 55.4 Å². The molecule has 186 valence electrons. The Hall–Kier alpha value is -4.18. The first-order valence-electron chi connectivity index (χ1n) is 11.6. The van der Waals surface area contributed by atoms with Crippen molar-refractivity contribution in [2.45, 2.75) is 32.7 Å². The van der Waals surface area contributed by atoms with E-state index in [1.54, 1.807) is 30.3 Å². The molecule has 36 heavy (non-hydrogen) atoms. The van der Waals surface area contributed by atoms with Gasteiger partial charge < -0.3 is 19.6 Å². The number of thiophene rings is 1. The Morgan fingerprint density at radius 2 is 2.11 bits per heavy atom. The Morgan fingerprint density at radius 3 is 2.86 bits per heavy atom. The highest BCUT2D eigenvalue weighted by atomic mass is 32.1. The smallest absolute Gasteiger partial charge is 0.268 e. The van der Waals surface area contributed by atoms with E-state index < -0.39 is 0 Å². The van der Waals surface area contributed by atoms with Gasteiger partial charge in [-0.2, -0.15) is 0 Å². The van der Waals surface area contributed by atoms with Gasteiger partial charge in [-0.15, -0.1) is 11.3 Å². The van der Waals surface area contributed by atoms with E-state index in [0.717, 1.165) is 22.5 Å². The van der Waals surface area contributed by atoms with Gasteiger partial charge in [0.15, 0.2) is 12.2 Å². The highest BCUT2D eigenvalue weighted by molar-refractivity contribution is 7.17. The lowest BCUT2D eigenvalue weighted by atomic mass is 10.2. The van der Waals surface area contributed by atoms with E-state index in [0.29, 0.717) is 41.5 Å². The van der Waals surface area contributed by atoms with Crippen molar-refractivity contribution in [2.24, 2.45) is 5.73 Å². The molecule has 0 aliphatic carbocycles. The van der Waals surface area contributed by atoms with Crippen molar-refractivity contribution in [1.29, 1.82) is 0 Å². The standard InChI is InChI=1S/C26H28N6O3S/c1-3-8-24(33)31(2)18-9-10-20-19(15-18)29-26(32(20)14-7-5-4-6-13-27)30-25(34)23-12-11-22(36-23)21-16-28-17-35-21/h4-6,9-13,15-17H,3,7-8,14,27H2,1-2H3,(H,29,30,34)/b5-4+,13-6-. The molecule has 9 nitrogen and oxygen atoms in total. The van der Waals surface area contributed by atoms with Gasteiger partial charge in [-0.1, -0.05) is 19.1 Å². The molecule has 0 unspecified atom stereocenters. The molecule has 0 saturated carbocycles. The maximum atomic E-state index is 13.1. The highest BCUT2D eigenvalue weighted by Gasteiger charge is 2.18. The summed E-state index contributed by atoms with van der Waals surface area (Å²) in [4.78, 5) is 37.1. The SMILES string of the molecule is CCCC(=O)N(C)c1ccc2c(c1)nc(NC(=O)c1ccc(-c3cnco3)s1)n2CC/C=C/C=C\N. The number of benzene rings is 1. The zero-order valence-electron chi connectivity index (χ0n) is 20.2. The van der Waals surface area contributed by atoms with E-state index in [2.05, 4.69) is 10.3 Å². The lowest BCUT2D eigenvalue weighted by molar-refractivity contribution is -0.118. The average Bonchev–Trinajstić information content (AvgIpc) is 3.63. The summed E-state index contributed by atoms with van der Waals surface area (Å²) in [6.45, 7) is 2.57. The van der Waals surface area contributed by atoms with Crippen LogP contribution in [0.15, 0.2) is 71.8 Å². The first kappa shape index (κ1) is 24.9. The molecular weight excluding hydrogens is 476 g/mol. The van der Waals surface area contributed by atoms with Gasteiger partial charge in [0.1, 0.15) is 0 Å². The van der Waals surface area contributed by atoms with E-state index in [-0.39, 0.29) is 11.8 Å². The fraction of sp³-hybridized carbons (Fsp3) is 0.231. The number of allylic oxidation sites excluding steroid dienone is 3. The third-order valence-electron chi connectivity index (χ3n) is 5.57. The number of aromatic nitrogens is 3. The Labute approximate surface area is 212 Å². The summed E-state index contributed by atoms with van der Waals surface area (Å²) in [7, 11) is 1.76. The zero-order chi connectivity index (χ0) is 25.5. The molecule has 1 aromatic carbocycles. The number of fused-ring (bicyclic) bond motifs is 1. The number of oxazole rings is 1. The first-order valence-corrected chi connectivity index (χ1v) is 12.4.